The summed E-state index contributed by atoms with van der Waals surface area (Å²) in [5.41, 5.74) is 2.88. The van der Waals surface area contributed by atoms with Gasteiger partial charge in [-0.1, -0.05) is 32.1 Å². The zero-order chi connectivity index (χ0) is 20.4. The standard InChI is InChI=1S/C22H28BrN5O/c1-22(2,3)15-28-17-10-11-18(20(23)21(17)25-26-28)29-14-16-8-7-9-19(24-16)27-12-5-4-6-13-27/h7-11H,4-6,12-15H2,1-3H3. The van der Waals surface area contributed by atoms with Crippen LogP contribution in [0.3, 0.4) is 0 Å². The van der Waals surface area contributed by atoms with Gasteiger partial charge in [0.1, 0.15) is 23.7 Å². The molecule has 1 fully saturated rings. The van der Waals surface area contributed by atoms with E-state index in [1.165, 1.54) is 19.3 Å². The molecule has 1 aromatic carbocycles. The molecule has 154 valence electrons. The molecule has 0 amide bonds. The molecular formula is C22H28BrN5O. The fraction of sp³-hybridized carbons (Fsp3) is 0.500. The Morgan fingerprint density at radius 2 is 1.86 bits per heavy atom. The Morgan fingerprint density at radius 1 is 1.07 bits per heavy atom. The summed E-state index contributed by atoms with van der Waals surface area (Å²) in [7, 11) is 0. The molecule has 0 radical (unpaired) electrons. The summed E-state index contributed by atoms with van der Waals surface area (Å²) >= 11 is 3.66. The van der Waals surface area contributed by atoms with Gasteiger partial charge in [-0.3, -0.25) is 0 Å². The van der Waals surface area contributed by atoms with Gasteiger partial charge < -0.3 is 9.64 Å². The second kappa shape index (κ2) is 8.30. The number of anilines is 1. The molecule has 7 heteroatoms. The lowest BCUT2D eigenvalue weighted by Crippen LogP contribution is -2.30. The Kier molecular flexibility index (Phi) is 5.76. The van der Waals surface area contributed by atoms with Crippen molar-refractivity contribution in [3.8, 4) is 5.75 Å². The van der Waals surface area contributed by atoms with Crippen LogP contribution in [0.4, 0.5) is 5.82 Å². The number of nitrogens with zero attached hydrogens (tertiary/aromatic N) is 5. The molecule has 0 atom stereocenters. The van der Waals surface area contributed by atoms with E-state index in [1.54, 1.807) is 0 Å². The monoisotopic (exact) mass is 457 g/mol. The Morgan fingerprint density at radius 3 is 2.62 bits per heavy atom. The lowest BCUT2D eigenvalue weighted by atomic mass is 9.97. The number of halogens is 1. The number of fused-ring (bicyclic) bond motifs is 1. The van der Waals surface area contributed by atoms with Gasteiger partial charge in [-0.05, 0) is 64.9 Å². The van der Waals surface area contributed by atoms with Crippen molar-refractivity contribution in [2.45, 2.75) is 53.2 Å². The minimum absolute atomic E-state index is 0.132. The highest BCUT2D eigenvalue weighted by molar-refractivity contribution is 9.10. The summed E-state index contributed by atoms with van der Waals surface area (Å²) in [4.78, 5) is 7.17. The Bertz CT molecular complexity index is 989. The molecule has 2 aromatic heterocycles. The van der Waals surface area contributed by atoms with Gasteiger partial charge >= 0.3 is 0 Å². The van der Waals surface area contributed by atoms with Crippen LogP contribution < -0.4 is 9.64 Å². The summed E-state index contributed by atoms with van der Waals surface area (Å²) in [6.45, 7) is 9.98. The maximum atomic E-state index is 6.08. The van der Waals surface area contributed by atoms with Gasteiger partial charge in [0, 0.05) is 19.6 Å². The number of piperidine rings is 1. The first-order valence-corrected chi connectivity index (χ1v) is 11.1. The quantitative estimate of drug-likeness (QED) is 0.526. The van der Waals surface area contributed by atoms with Crippen molar-refractivity contribution < 1.29 is 4.74 Å². The van der Waals surface area contributed by atoms with Crippen molar-refractivity contribution in [1.29, 1.82) is 0 Å². The van der Waals surface area contributed by atoms with Crippen molar-refractivity contribution >= 4 is 32.8 Å². The van der Waals surface area contributed by atoms with Crippen molar-refractivity contribution in [3.63, 3.8) is 0 Å². The number of hydrogen-bond donors (Lipinski definition) is 0. The molecule has 3 heterocycles. The van der Waals surface area contributed by atoms with Crippen molar-refractivity contribution in [2.75, 3.05) is 18.0 Å². The molecule has 1 aliphatic heterocycles. The van der Waals surface area contributed by atoms with Crippen LogP contribution in [0.1, 0.15) is 45.7 Å². The lowest BCUT2D eigenvalue weighted by molar-refractivity contribution is 0.300. The van der Waals surface area contributed by atoms with Crippen molar-refractivity contribution in [3.05, 3.63) is 40.5 Å². The van der Waals surface area contributed by atoms with Crippen LogP contribution in [0.2, 0.25) is 0 Å². The summed E-state index contributed by atoms with van der Waals surface area (Å²) in [6.07, 6.45) is 3.80. The van der Waals surface area contributed by atoms with Gasteiger partial charge in [-0.25, -0.2) is 9.67 Å². The van der Waals surface area contributed by atoms with E-state index in [1.807, 2.05) is 22.9 Å². The zero-order valence-electron chi connectivity index (χ0n) is 17.4. The SMILES string of the molecule is CC(C)(C)Cn1nnc2c(Br)c(OCc3cccc(N4CCCCC4)n3)ccc21. The summed E-state index contributed by atoms with van der Waals surface area (Å²) in [5, 5.41) is 8.68. The minimum atomic E-state index is 0.132. The van der Waals surface area contributed by atoms with Gasteiger partial charge in [-0.2, -0.15) is 0 Å². The van der Waals surface area contributed by atoms with Crippen LogP contribution >= 0.6 is 15.9 Å². The number of rotatable bonds is 5. The molecule has 0 spiro atoms. The molecule has 0 N–H and O–H groups in total. The van der Waals surface area contributed by atoms with Gasteiger partial charge in [0.15, 0.2) is 0 Å². The van der Waals surface area contributed by atoms with E-state index in [2.05, 4.69) is 64.0 Å². The predicted molar refractivity (Wildman–Crippen MR) is 119 cm³/mol. The Labute approximate surface area is 180 Å². The van der Waals surface area contributed by atoms with E-state index in [4.69, 9.17) is 9.72 Å². The number of benzene rings is 1. The topological polar surface area (TPSA) is 56.1 Å². The number of aromatic nitrogens is 4. The van der Waals surface area contributed by atoms with Gasteiger partial charge in [0.25, 0.3) is 0 Å². The fourth-order valence-corrected chi connectivity index (χ4v) is 4.19. The van der Waals surface area contributed by atoms with Crippen LogP contribution in [0.25, 0.3) is 11.0 Å². The summed E-state index contributed by atoms with van der Waals surface area (Å²) in [5.74, 6) is 1.80. The van der Waals surface area contributed by atoms with Gasteiger partial charge in [0.05, 0.1) is 15.7 Å². The van der Waals surface area contributed by atoms with Crippen LogP contribution in [0, 0.1) is 5.41 Å². The molecule has 0 bridgehead atoms. The van der Waals surface area contributed by atoms with E-state index in [9.17, 15) is 0 Å². The average Bonchev–Trinajstić information content (AvgIpc) is 3.10. The van der Waals surface area contributed by atoms with Crippen molar-refractivity contribution in [2.24, 2.45) is 5.41 Å². The van der Waals surface area contributed by atoms with Crippen LogP contribution in [0.5, 0.6) is 5.75 Å². The van der Waals surface area contributed by atoms with Crippen molar-refractivity contribution in [1.82, 2.24) is 20.0 Å². The Hall–Kier alpha value is -2.15. The van der Waals surface area contributed by atoms with E-state index >= 15 is 0 Å². The average molecular weight is 458 g/mol. The first-order chi connectivity index (χ1) is 13.9. The zero-order valence-corrected chi connectivity index (χ0v) is 18.9. The highest BCUT2D eigenvalue weighted by atomic mass is 79.9. The second-order valence-corrected chi connectivity index (χ2v) is 9.67. The molecule has 0 saturated carbocycles. The number of pyridine rings is 1. The third kappa shape index (κ3) is 4.71. The summed E-state index contributed by atoms with van der Waals surface area (Å²) < 4.78 is 8.87. The fourth-order valence-electron chi connectivity index (χ4n) is 3.66. The maximum absolute atomic E-state index is 6.08. The number of hydrogen-bond acceptors (Lipinski definition) is 5. The smallest absolute Gasteiger partial charge is 0.136 e. The molecule has 1 saturated heterocycles. The van der Waals surface area contributed by atoms with E-state index in [-0.39, 0.29) is 5.41 Å². The third-order valence-corrected chi connectivity index (χ3v) is 5.83. The van der Waals surface area contributed by atoms with Crippen LogP contribution in [-0.2, 0) is 13.2 Å². The molecule has 3 aromatic rings. The molecule has 0 aliphatic carbocycles. The molecule has 0 unspecified atom stereocenters. The van der Waals surface area contributed by atoms with Gasteiger partial charge in [-0.15, -0.1) is 5.10 Å². The predicted octanol–water partition coefficient (Wildman–Crippen LogP) is 5.20. The number of ether oxygens (including phenoxy) is 1. The van der Waals surface area contributed by atoms with Crippen LogP contribution in [-0.4, -0.2) is 33.1 Å². The van der Waals surface area contributed by atoms with Crippen LogP contribution in [0.15, 0.2) is 34.8 Å². The van der Waals surface area contributed by atoms with E-state index < -0.39 is 0 Å². The molecule has 1 aliphatic rings. The maximum Gasteiger partial charge on any atom is 0.136 e. The molecular weight excluding hydrogens is 430 g/mol. The van der Waals surface area contributed by atoms with E-state index in [0.717, 1.165) is 52.4 Å². The second-order valence-electron chi connectivity index (χ2n) is 8.88. The largest absolute Gasteiger partial charge is 0.486 e. The molecule has 29 heavy (non-hydrogen) atoms. The third-order valence-electron chi connectivity index (χ3n) is 5.06. The lowest BCUT2D eigenvalue weighted by Gasteiger charge is -2.27. The van der Waals surface area contributed by atoms with Gasteiger partial charge in [0.2, 0.25) is 0 Å². The summed E-state index contributed by atoms with van der Waals surface area (Å²) in [6, 6.07) is 10.2. The first kappa shape index (κ1) is 20.1. The van der Waals surface area contributed by atoms with E-state index in [0.29, 0.717) is 6.61 Å². The highest BCUT2D eigenvalue weighted by Crippen LogP contribution is 2.33. The highest BCUT2D eigenvalue weighted by Gasteiger charge is 2.18. The normalized spacial score (nSPS) is 15.1. The molecule has 6 nitrogen and oxygen atoms in total. The molecule has 4 rings (SSSR count). The Balaban J connectivity index is 1.49. The minimum Gasteiger partial charge on any atom is -0.486 e. The first-order valence-electron chi connectivity index (χ1n) is 10.3.